The zero-order chi connectivity index (χ0) is 13.8. The number of ether oxygens (including phenoxy) is 1. The molecule has 1 heterocycles. The van der Waals surface area contributed by atoms with Crippen molar-refractivity contribution >= 4 is 24.0 Å². The number of hydrogen-bond donors (Lipinski definition) is 1. The van der Waals surface area contributed by atoms with Crippen LogP contribution in [-0.4, -0.2) is 48.1 Å². The minimum Gasteiger partial charge on any atom is -0.373 e. The summed E-state index contributed by atoms with van der Waals surface area (Å²) in [5.74, 6) is -0.231. The van der Waals surface area contributed by atoms with Crippen LogP contribution in [0.15, 0.2) is 24.3 Å². The Morgan fingerprint density at radius 2 is 2.30 bits per heavy atom. The van der Waals surface area contributed by atoms with Crippen LogP contribution in [-0.2, 0) is 4.74 Å². The Labute approximate surface area is 122 Å². The molecule has 0 radical (unpaired) electrons. The maximum atomic E-state index is 12.2. The molecule has 7 nitrogen and oxygen atoms in total. The molecule has 1 aromatic carbocycles. The molecule has 1 amide bonds. The molecular formula is C12H16ClN3O4. The molecule has 0 spiro atoms. The number of nitro groups is 1. The fourth-order valence-electron chi connectivity index (χ4n) is 1.98. The summed E-state index contributed by atoms with van der Waals surface area (Å²) in [6.45, 7) is 1.66. The largest absolute Gasteiger partial charge is 0.373 e. The van der Waals surface area contributed by atoms with E-state index in [1.807, 2.05) is 0 Å². The Hall–Kier alpha value is -1.70. The van der Waals surface area contributed by atoms with Gasteiger partial charge in [-0.25, -0.2) is 0 Å². The zero-order valence-corrected chi connectivity index (χ0v) is 11.5. The second kappa shape index (κ2) is 7.18. The summed E-state index contributed by atoms with van der Waals surface area (Å²) in [6, 6.07) is 5.72. The number of carbonyl (C=O) groups is 1. The Kier molecular flexibility index (Phi) is 5.87. The van der Waals surface area contributed by atoms with Crippen molar-refractivity contribution in [1.29, 1.82) is 0 Å². The SMILES string of the molecule is Cl.NCC1CN(C(=O)c2cccc([N+](=O)[O-])c2)CCO1. The van der Waals surface area contributed by atoms with E-state index in [1.165, 1.54) is 18.2 Å². The van der Waals surface area contributed by atoms with Gasteiger partial charge in [-0.15, -0.1) is 12.4 Å². The molecule has 0 aromatic heterocycles. The first-order chi connectivity index (χ1) is 9.11. The van der Waals surface area contributed by atoms with Crippen molar-refractivity contribution in [2.45, 2.75) is 6.10 Å². The van der Waals surface area contributed by atoms with E-state index in [4.69, 9.17) is 10.5 Å². The number of non-ortho nitro benzene ring substituents is 1. The first-order valence-electron chi connectivity index (χ1n) is 5.97. The quantitative estimate of drug-likeness (QED) is 0.658. The maximum Gasteiger partial charge on any atom is 0.270 e. The van der Waals surface area contributed by atoms with E-state index >= 15 is 0 Å². The van der Waals surface area contributed by atoms with Crippen molar-refractivity contribution < 1.29 is 14.5 Å². The molecule has 1 fully saturated rings. The second-order valence-electron chi connectivity index (χ2n) is 4.29. The predicted octanol–water partition coefficient (Wildman–Crippen LogP) is 0.816. The minimum absolute atomic E-state index is 0. The smallest absolute Gasteiger partial charge is 0.270 e. The van der Waals surface area contributed by atoms with Crippen LogP contribution >= 0.6 is 12.4 Å². The Bertz CT molecular complexity index is 497. The predicted molar refractivity (Wildman–Crippen MR) is 75.0 cm³/mol. The van der Waals surface area contributed by atoms with Gasteiger partial charge in [-0.2, -0.15) is 0 Å². The van der Waals surface area contributed by atoms with E-state index in [0.717, 1.165) is 0 Å². The van der Waals surface area contributed by atoms with Crippen LogP contribution < -0.4 is 5.73 Å². The van der Waals surface area contributed by atoms with Gasteiger partial charge >= 0.3 is 0 Å². The molecule has 1 unspecified atom stereocenters. The molecule has 110 valence electrons. The van der Waals surface area contributed by atoms with Gasteiger partial charge in [-0.1, -0.05) is 6.07 Å². The lowest BCUT2D eigenvalue weighted by atomic mass is 10.1. The van der Waals surface area contributed by atoms with Gasteiger partial charge in [0, 0.05) is 37.3 Å². The Morgan fingerprint density at radius 1 is 1.55 bits per heavy atom. The molecule has 2 N–H and O–H groups in total. The molecule has 20 heavy (non-hydrogen) atoms. The first kappa shape index (κ1) is 16.4. The zero-order valence-electron chi connectivity index (χ0n) is 10.7. The standard InChI is InChI=1S/C12H15N3O4.ClH/c13-7-11-8-14(4-5-19-11)12(16)9-2-1-3-10(6-9)15(17)18;/h1-3,6,11H,4-5,7-8,13H2;1H. The number of halogens is 1. The van der Waals surface area contributed by atoms with Crippen molar-refractivity contribution in [3.8, 4) is 0 Å². The van der Waals surface area contributed by atoms with Gasteiger partial charge in [-0.05, 0) is 6.07 Å². The summed E-state index contributed by atoms with van der Waals surface area (Å²) in [7, 11) is 0. The fourth-order valence-corrected chi connectivity index (χ4v) is 1.98. The third kappa shape index (κ3) is 3.66. The summed E-state index contributed by atoms with van der Waals surface area (Å²) in [4.78, 5) is 24.0. The van der Waals surface area contributed by atoms with Crippen molar-refractivity contribution in [1.82, 2.24) is 4.90 Å². The van der Waals surface area contributed by atoms with Crippen LogP contribution in [0.1, 0.15) is 10.4 Å². The van der Waals surface area contributed by atoms with Gasteiger partial charge in [0.15, 0.2) is 0 Å². The molecule has 0 bridgehead atoms. The molecular weight excluding hydrogens is 286 g/mol. The van der Waals surface area contributed by atoms with Crippen LogP contribution in [0, 0.1) is 10.1 Å². The minimum atomic E-state index is -0.515. The van der Waals surface area contributed by atoms with Gasteiger partial charge in [-0.3, -0.25) is 14.9 Å². The maximum absolute atomic E-state index is 12.2. The molecule has 0 aliphatic carbocycles. The topological polar surface area (TPSA) is 98.7 Å². The number of benzene rings is 1. The summed E-state index contributed by atoms with van der Waals surface area (Å²) < 4.78 is 5.38. The highest BCUT2D eigenvalue weighted by molar-refractivity contribution is 5.94. The average molecular weight is 302 g/mol. The van der Waals surface area contributed by atoms with Crippen LogP contribution in [0.2, 0.25) is 0 Å². The lowest BCUT2D eigenvalue weighted by Crippen LogP contribution is -2.48. The summed E-state index contributed by atoms with van der Waals surface area (Å²) in [5, 5.41) is 10.7. The third-order valence-electron chi connectivity index (χ3n) is 2.99. The summed E-state index contributed by atoms with van der Waals surface area (Å²) >= 11 is 0. The number of morpholine rings is 1. The second-order valence-corrected chi connectivity index (χ2v) is 4.29. The molecule has 1 aliphatic heterocycles. The lowest BCUT2D eigenvalue weighted by molar-refractivity contribution is -0.384. The van der Waals surface area contributed by atoms with E-state index < -0.39 is 4.92 Å². The van der Waals surface area contributed by atoms with Crippen LogP contribution in [0.4, 0.5) is 5.69 Å². The number of nitrogens with zero attached hydrogens (tertiary/aromatic N) is 2. The number of nitrogens with two attached hydrogens (primary N) is 1. The molecule has 0 saturated carbocycles. The molecule has 1 saturated heterocycles. The van der Waals surface area contributed by atoms with Gasteiger partial charge in [0.1, 0.15) is 0 Å². The van der Waals surface area contributed by atoms with Gasteiger partial charge in [0.25, 0.3) is 11.6 Å². The Balaban J connectivity index is 0.00000200. The summed E-state index contributed by atoms with van der Waals surface area (Å²) in [5.41, 5.74) is 5.74. The lowest BCUT2D eigenvalue weighted by Gasteiger charge is -2.32. The molecule has 1 aliphatic rings. The third-order valence-corrected chi connectivity index (χ3v) is 2.99. The highest BCUT2D eigenvalue weighted by Gasteiger charge is 2.24. The molecule has 1 atom stereocenters. The van der Waals surface area contributed by atoms with Crippen LogP contribution in [0.25, 0.3) is 0 Å². The molecule has 2 rings (SSSR count). The van der Waals surface area contributed by atoms with Crippen molar-refractivity contribution in [3.63, 3.8) is 0 Å². The van der Waals surface area contributed by atoms with E-state index in [2.05, 4.69) is 0 Å². The fraction of sp³-hybridized carbons (Fsp3) is 0.417. The van der Waals surface area contributed by atoms with E-state index in [1.54, 1.807) is 11.0 Å². The van der Waals surface area contributed by atoms with Crippen LogP contribution in [0.5, 0.6) is 0 Å². The molecule has 8 heteroatoms. The monoisotopic (exact) mass is 301 g/mol. The van der Waals surface area contributed by atoms with E-state index in [9.17, 15) is 14.9 Å². The van der Waals surface area contributed by atoms with Crippen molar-refractivity contribution in [2.24, 2.45) is 5.73 Å². The highest BCUT2D eigenvalue weighted by atomic mass is 35.5. The van der Waals surface area contributed by atoms with Gasteiger partial charge in [0.05, 0.1) is 17.6 Å². The van der Waals surface area contributed by atoms with E-state index in [0.29, 0.717) is 31.8 Å². The highest BCUT2D eigenvalue weighted by Crippen LogP contribution is 2.16. The normalized spacial score (nSPS) is 18.2. The number of amides is 1. The van der Waals surface area contributed by atoms with Crippen molar-refractivity contribution in [2.75, 3.05) is 26.2 Å². The van der Waals surface area contributed by atoms with Gasteiger partial charge in [0.2, 0.25) is 0 Å². The van der Waals surface area contributed by atoms with E-state index in [-0.39, 0.29) is 30.1 Å². The van der Waals surface area contributed by atoms with Crippen LogP contribution in [0.3, 0.4) is 0 Å². The Morgan fingerprint density at radius 3 is 2.95 bits per heavy atom. The number of carbonyl (C=O) groups excluding carboxylic acids is 1. The number of nitro benzene ring substituents is 1. The number of rotatable bonds is 3. The molecule has 1 aromatic rings. The van der Waals surface area contributed by atoms with Gasteiger partial charge < -0.3 is 15.4 Å². The van der Waals surface area contributed by atoms with Crippen molar-refractivity contribution in [3.05, 3.63) is 39.9 Å². The summed E-state index contributed by atoms with van der Waals surface area (Å²) in [6.07, 6.45) is -0.170. The first-order valence-corrected chi connectivity index (χ1v) is 5.97. The number of hydrogen-bond acceptors (Lipinski definition) is 5. The average Bonchev–Trinajstić information content (AvgIpc) is 2.46.